The minimum atomic E-state index is -4.01. The fourth-order valence-corrected chi connectivity index (χ4v) is 7.30. The maximum Gasteiger partial charge on any atom is 0.243 e. The van der Waals surface area contributed by atoms with Crippen LogP contribution < -0.4 is 26.8 Å². The molecule has 3 heterocycles. The number of hydrogen-bond acceptors (Lipinski definition) is 7. The summed E-state index contributed by atoms with van der Waals surface area (Å²) < 4.78 is 29.7. The number of guanidine groups is 1. The summed E-state index contributed by atoms with van der Waals surface area (Å²) in [5.74, 6) is -0.468. The van der Waals surface area contributed by atoms with Crippen LogP contribution in [0, 0.1) is 5.92 Å². The number of benzene rings is 1. The number of halogens is 1. The van der Waals surface area contributed by atoms with Gasteiger partial charge in [-0.1, -0.05) is 19.1 Å². The van der Waals surface area contributed by atoms with E-state index in [-0.39, 0.29) is 29.3 Å². The SMILES string of the molecule is CC1CNc2c(cccc2S(=O)(=O)N[C@H]2CCC[C@H]3CC[C@@H](C(=O)N[C@H](C=O)CCCN=C(N)N)N3C2=O)C1.Cl. The highest BCUT2D eigenvalue weighted by Gasteiger charge is 2.45. The second kappa shape index (κ2) is 13.6. The third-order valence-corrected chi connectivity index (χ3v) is 9.26. The lowest BCUT2D eigenvalue weighted by Crippen LogP contribution is -2.55. The van der Waals surface area contributed by atoms with Crippen molar-refractivity contribution in [2.75, 3.05) is 18.4 Å². The third kappa shape index (κ3) is 7.24. The van der Waals surface area contributed by atoms with Gasteiger partial charge >= 0.3 is 0 Å². The van der Waals surface area contributed by atoms with Crippen LogP contribution in [0.4, 0.5) is 5.69 Å². The zero-order valence-corrected chi connectivity index (χ0v) is 24.3. The molecule has 0 saturated carbocycles. The van der Waals surface area contributed by atoms with E-state index in [1.165, 1.54) is 4.90 Å². The number of aldehydes is 1. The molecule has 2 fully saturated rings. The number of amides is 2. The first-order chi connectivity index (χ1) is 18.6. The number of anilines is 1. The lowest BCUT2D eigenvalue weighted by molar-refractivity contribution is -0.141. The van der Waals surface area contributed by atoms with Crippen LogP contribution >= 0.6 is 12.4 Å². The molecule has 222 valence electrons. The molecule has 1 unspecified atom stereocenters. The molecule has 0 spiro atoms. The van der Waals surface area contributed by atoms with Crippen molar-refractivity contribution >= 4 is 52.2 Å². The number of nitrogens with one attached hydrogen (secondary N) is 3. The first kappa shape index (κ1) is 31.6. The number of carbonyl (C=O) groups is 3. The van der Waals surface area contributed by atoms with Gasteiger partial charge < -0.3 is 31.8 Å². The van der Waals surface area contributed by atoms with E-state index in [9.17, 15) is 22.8 Å². The number of aliphatic imine (C=N–C) groups is 1. The molecular formula is C26H40ClN7O5S. The van der Waals surface area contributed by atoms with Crippen LogP contribution in [0.5, 0.6) is 0 Å². The van der Waals surface area contributed by atoms with Crippen molar-refractivity contribution in [3.63, 3.8) is 0 Å². The Bertz CT molecular complexity index is 1220. The predicted molar refractivity (Wildman–Crippen MR) is 155 cm³/mol. The highest BCUT2D eigenvalue weighted by atomic mass is 35.5. The summed E-state index contributed by atoms with van der Waals surface area (Å²) in [6.07, 6.45) is 5.07. The molecule has 1 aromatic carbocycles. The van der Waals surface area contributed by atoms with Gasteiger partial charge in [0.15, 0.2) is 5.96 Å². The quantitative estimate of drug-likeness (QED) is 0.112. The van der Waals surface area contributed by atoms with Crippen LogP contribution in [0.25, 0.3) is 0 Å². The van der Waals surface area contributed by atoms with E-state index in [0.717, 1.165) is 12.0 Å². The van der Waals surface area contributed by atoms with Crippen molar-refractivity contribution in [2.45, 2.75) is 87.4 Å². The number of hydrogen-bond donors (Lipinski definition) is 5. The van der Waals surface area contributed by atoms with Crippen LogP contribution in [0.1, 0.15) is 57.4 Å². The second-order valence-corrected chi connectivity index (χ2v) is 12.5. The van der Waals surface area contributed by atoms with Gasteiger partial charge in [0.1, 0.15) is 23.3 Å². The van der Waals surface area contributed by atoms with Crippen LogP contribution in [0.3, 0.4) is 0 Å². The number of para-hydroxylation sites is 1. The number of fused-ring (bicyclic) bond motifs is 2. The average molecular weight is 598 g/mol. The maximum atomic E-state index is 13.7. The van der Waals surface area contributed by atoms with Gasteiger partial charge in [-0.25, -0.2) is 8.42 Å². The number of nitrogens with zero attached hydrogens (tertiary/aromatic N) is 2. The third-order valence-electron chi connectivity index (χ3n) is 7.74. The molecular weight excluding hydrogens is 558 g/mol. The fourth-order valence-electron chi connectivity index (χ4n) is 5.85. The summed E-state index contributed by atoms with van der Waals surface area (Å²) in [7, 11) is -4.01. The van der Waals surface area contributed by atoms with Crippen LogP contribution in [0.15, 0.2) is 28.1 Å². The molecule has 12 nitrogen and oxygen atoms in total. The van der Waals surface area contributed by atoms with E-state index in [2.05, 4.69) is 27.3 Å². The van der Waals surface area contributed by atoms with E-state index < -0.39 is 40.0 Å². The van der Waals surface area contributed by atoms with E-state index in [1.807, 2.05) is 6.07 Å². The van der Waals surface area contributed by atoms with Crippen LogP contribution in [0.2, 0.25) is 0 Å². The van der Waals surface area contributed by atoms with Crippen molar-refractivity contribution in [1.29, 1.82) is 0 Å². The standard InChI is InChI=1S/C26H39N7O5S.ClH/c1-16-13-17-5-2-9-22(23(17)30-14-16)39(37,38)32-20-8-3-7-19-10-11-21(33(19)25(20)36)24(35)31-18(15-34)6-4-12-29-26(27)28;/h2,5,9,15-16,18-21,30,32H,3-4,6-8,10-14H2,1H3,(H,31,35)(H4,27,28,29);1H/t16?,18-,19-,20-,21-;/m0./s1. The zero-order valence-electron chi connectivity index (χ0n) is 22.7. The highest BCUT2D eigenvalue weighted by molar-refractivity contribution is 7.89. The molecule has 1 aromatic rings. The average Bonchev–Trinajstić information content (AvgIpc) is 3.26. The normalized spacial score (nSPS) is 24.8. The topological polar surface area (TPSA) is 189 Å². The van der Waals surface area contributed by atoms with Crippen molar-refractivity contribution in [3.8, 4) is 0 Å². The summed E-state index contributed by atoms with van der Waals surface area (Å²) in [4.78, 5) is 44.0. The van der Waals surface area contributed by atoms with E-state index in [0.29, 0.717) is 75.9 Å². The Kier molecular flexibility index (Phi) is 10.8. The Morgan fingerprint density at radius 3 is 2.75 bits per heavy atom. The summed E-state index contributed by atoms with van der Waals surface area (Å²) in [6.45, 7) is 3.10. The number of carbonyl (C=O) groups excluding carboxylic acids is 3. The Morgan fingerprint density at radius 2 is 2.02 bits per heavy atom. The molecule has 0 aromatic heterocycles. The molecule has 3 aliphatic rings. The largest absolute Gasteiger partial charge is 0.383 e. The Balaban J connectivity index is 0.00000441. The lowest BCUT2D eigenvalue weighted by Gasteiger charge is -2.31. The molecule has 0 aliphatic carbocycles. The van der Waals surface area contributed by atoms with Crippen molar-refractivity contribution in [1.82, 2.24) is 14.9 Å². The molecule has 7 N–H and O–H groups in total. The molecule has 0 bridgehead atoms. The molecule has 5 atom stereocenters. The van der Waals surface area contributed by atoms with Crippen LogP contribution in [-0.4, -0.2) is 74.6 Å². The van der Waals surface area contributed by atoms with Gasteiger partial charge in [0.2, 0.25) is 21.8 Å². The minimum absolute atomic E-state index is 0. The summed E-state index contributed by atoms with van der Waals surface area (Å²) in [6, 6.07) is 2.56. The van der Waals surface area contributed by atoms with E-state index >= 15 is 0 Å². The van der Waals surface area contributed by atoms with Gasteiger partial charge in [-0.2, -0.15) is 4.72 Å². The minimum Gasteiger partial charge on any atom is -0.383 e. The van der Waals surface area contributed by atoms with Gasteiger partial charge in [-0.15, -0.1) is 12.4 Å². The van der Waals surface area contributed by atoms with Crippen molar-refractivity contribution < 1.29 is 22.8 Å². The Morgan fingerprint density at radius 1 is 1.25 bits per heavy atom. The summed E-state index contributed by atoms with van der Waals surface area (Å²) in [5.41, 5.74) is 12.1. The fraction of sp³-hybridized carbons (Fsp3) is 0.615. The van der Waals surface area contributed by atoms with E-state index in [1.54, 1.807) is 12.1 Å². The summed E-state index contributed by atoms with van der Waals surface area (Å²) >= 11 is 0. The van der Waals surface area contributed by atoms with Gasteiger partial charge in [0, 0.05) is 19.1 Å². The molecule has 40 heavy (non-hydrogen) atoms. The number of nitrogens with two attached hydrogens (primary N) is 2. The molecule has 0 radical (unpaired) electrons. The van der Waals surface area contributed by atoms with Crippen LogP contribution in [-0.2, 0) is 30.8 Å². The van der Waals surface area contributed by atoms with Gasteiger partial charge in [0.05, 0.1) is 11.7 Å². The molecule has 3 aliphatic heterocycles. The summed E-state index contributed by atoms with van der Waals surface area (Å²) in [5, 5.41) is 5.98. The monoisotopic (exact) mass is 597 g/mol. The molecule has 14 heteroatoms. The number of sulfonamides is 1. The lowest BCUT2D eigenvalue weighted by atomic mass is 9.96. The molecule has 2 saturated heterocycles. The smallest absolute Gasteiger partial charge is 0.243 e. The van der Waals surface area contributed by atoms with Gasteiger partial charge in [-0.3, -0.25) is 14.6 Å². The second-order valence-electron chi connectivity index (χ2n) is 10.8. The number of rotatable bonds is 10. The predicted octanol–water partition coefficient (Wildman–Crippen LogP) is 0.640. The van der Waals surface area contributed by atoms with Gasteiger partial charge in [0.25, 0.3) is 0 Å². The molecule has 4 rings (SSSR count). The Hall–Kier alpha value is -2.90. The first-order valence-electron chi connectivity index (χ1n) is 13.6. The Labute approximate surface area is 241 Å². The first-order valence-corrected chi connectivity index (χ1v) is 15.1. The highest BCUT2D eigenvalue weighted by Crippen LogP contribution is 2.34. The van der Waals surface area contributed by atoms with E-state index in [4.69, 9.17) is 11.5 Å². The van der Waals surface area contributed by atoms with Crippen molar-refractivity contribution in [2.24, 2.45) is 22.4 Å². The molecule has 2 amide bonds. The van der Waals surface area contributed by atoms with Crippen molar-refractivity contribution in [3.05, 3.63) is 23.8 Å². The zero-order chi connectivity index (χ0) is 28.2. The maximum absolute atomic E-state index is 13.7. The van der Waals surface area contributed by atoms with Gasteiger partial charge in [-0.05, 0) is 68.9 Å².